The Morgan fingerprint density at radius 1 is 1.19 bits per heavy atom. The molecule has 0 fully saturated rings. The Hall–Kier alpha value is -2.10. The molecule has 0 amide bonds. The molecule has 3 aromatic rings. The number of rotatable bonds is 5. The van der Waals surface area contributed by atoms with E-state index >= 15 is 0 Å². The van der Waals surface area contributed by atoms with E-state index in [1.807, 2.05) is 0 Å². The van der Waals surface area contributed by atoms with Gasteiger partial charge in [-0.2, -0.15) is 8.78 Å². The fourth-order valence-corrected chi connectivity index (χ4v) is 4.35. The summed E-state index contributed by atoms with van der Waals surface area (Å²) in [6.45, 7) is -1.52. The van der Waals surface area contributed by atoms with Gasteiger partial charge in [-0.25, -0.2) is 22.5 Å². The number of hydrogen-bond acceptors (Lipinski definition) is 3. The van der Waals surface area contributed by atoms with Crippen LogP contribution in [0.25, 0.3) is 11.0 Å². The minimum Gasteiger partial charge on any atom is -0.269 e. The van der Waals surface area contributed by atoms with Crippen molar-refractivity contribution in [2.24, 2.45) is 0 Å². The first-order valence-corrected chi connectivity index (χ1v) is 9.29. The minimum absolute atomic E-state index is 0.150. The zero-order valence-electron chi connectivity index (χ0n) is 13.3. The molecule has 0 radical (unpaired) electrons. The summed E-state index contributed by atoms with van der Waals surface area (Å²) in [7, 11) is -4.18. The van der Waals surface area contributed by atoms with Gasteiger partial charge in [-0.15, -0.1) is 0 Å². The van der Waals surface area contributed by atoms with Crippen LogP contribution in [0.1, 0.15) is 25.3 Å². The molecule has 0 spiro atoms. The van der Waals surface area contributed by atoms with Crippen molar-refractivity contribution in [1.29, 1.82) is 0 Å². The third kappa shape index (κ3) is 3.42. The fourth-order valence-electron chi connectivity index (χ4n) is 2.62. The van der Waals surface area contributed by atoms with Crippen LogP contribution in [0.3, 0.4) is 0 Å². The number of halogens is 4. The van der Waals surface area contributed by atoms with E-state index in [2.05, 4.69) is 9.71 Å². The molecule has 0 saturated heterocycles. The van der Waals surface area contributed by atoms with Crippen LogP contribution in [0.15, 0.2) is 47.4 Å². The van der Waals surface area contributed by atoms with Gasteiger partial charge in [-0.1, -0.05) is 23.7 Å². The summed E-state index contributed by atoms with van der Waals surface area (Å²) < 4.78 is 68.0. The zero-order chi connectivity index (χ0) is 19.1. The van der Waals surface area contributed by atoms with Crippen LogP contribution in [0.5, 0.6) is 0 Å². The number of aromatic nitrogens is 2. The first kappa shape index (κ1) is 18.7. The maximum absolute atomic E-state index is 13.5. The number of benzene rings is 2. The molecule has 0 unspecified atom stereocenters. The molecule has 1 atom stereocenters. The molecule has 1 heterocycles. The molecule has 1 aromatic heterocycles. The lowest BCUT2D eigenvalue weighted by Gasteiger charge is -2.16. The lowest BCUT2D eigenvalue weighted by molar-refractivity contribution is 0.0702. The number of alkyl halides is 2. The van der Waals surface area contributed by atoms with E-state index in [1.54, 1.807) is 18.2 Å². The maximum Gasteiger partial charge on any atom is 0.320 e. The predicted octanol–water partition coefficient (Wildman–Crippen LogP) is 4.26. The van der Waals surface area contributed by atoms with Crippen LogP contribution in [0.2, 0.25) is 5.02 Å². The zero-order valence-corrected chi connectivity index (χ0v) is 14.9. The minimum atomic E-state index is -4.18. The average Bonchev–Trinajstić information content (AvgIpc) is 2.93. The van der Waals surface area contributed by atoms with Crippen molar-refractivity contribution >= 4 is 32.7 Å². The summed E-state index contributed by atoms with van der Waals surface area (Å²) in [5.41, 5.74) is 0.497. The number of imidazole rings is 1. The van der Waals surface area contributed by atoms with Crippen LogP contribution in [-0.2, 0) is 10.0 Å². The smallest absolute Gasteiger partial charge is 0.269 e. The predicted molar refractivity (Wildman–Crippen MR) is 91.1 cm³/mol. The average molecular weight is 404 g/mol. The van der Waals surface area contributed by atoms with Gasteiger partial charge in [-0.3, -0.25) is 4.57 Å². The summed E-state index contributed by atoms with van der Waals surface area (Å²) in [4.78, 5) is 3.76. The molecular weight excluding hydrogens is 391 g/mol. The van der Waals surface area contributed by atoms with Crippen molar-refractivity contribution in [2.45, 2.75) is 24.4 Å². The second kappa shape index (κ2) is 6.90. The van der Waals surface area contributed by atoms with Gasteiger partial charge in [0, 0.05) is 0 Å². The van der Waals surface area contributed by atoms with Gasteiger partial charge in [-0.05, 0) is 37.3 Å². The third-order valence-electron chi connectivity index (χ3n) is 3.72. The van der Waals surface area contributed by atoms with E-state index < -0.39 is 28.4 Å². The van der Waals surface area contributed by atoms with E-state index in [1.165, 1.54) is 13.0 Å². The summed E-state index contributed by atoms with van der Waals surface area (Å²) in [5, 5.41) is -0.313. The van der Waals surface area contributed by atoms with Crippen molar-refractivity contribution in [3.8, 4) is 0 Å². The Labute approximate surface area is 152 Å². The Morgan fingerprint density at radius 2 is 1.88 bits per heavy atom. The molecule has 10 heteroatoms. The van der Waals surface area contributed by atoms with Gasteiger partial charge in [0.1, 0.15) is 16.5 Å². The first-order valence-electron chi connectivity index (χ1n) is 7.43. The Kier molecular flexibility index (Phi) is 4.96. The van der Waals surface area contributed by atoms with E-state index in [-0.39, 0.29) is 21.3 Å². The monoisotopic (exact) mass is 403 g/mol. The Bertz CT molecular complexity index is 1070. The van der Waals surface area contributed by atoms with Crippen molar-refractivity contribution in [2.75, 3.05) is 0 Å². The van der Waals surface area contributed by atoms with E-state index in [0.717, 1.165) is 18.2 Å². The normalized spacial score (nSPS) is 13.5. The van der Waals surface area contributed by atoms with Crippen molar-refractivity contribution in [1.82, 2.24) is 14.3 Å². The number of nitrogens with zero attached hydrogens (tertiary/aromatic N) is 2. The topological polar surface area (TPSA) is 64.0 Å². The Balaban J connectivity index is 2.01. The SMILES string of the molecule is C[C@@H](NS(=O)(=O)c1ccc(F)cc1Cl)c1nc2ccccc2n1C(F)F. The number of fused-ring (bicyclic) bond motifs is 1. The molecule has 1 N–H and O–H groups in total. The molecule has 2 aromatic carbocycles. The van der Waals surface area contributed by atoms with Crippen LogP contribution >= 0.6 is 11.6 Å². The second-order valence-corrected chi connectivity index (χ2v) is 7.61. The lowest BCUT2D eigenvalue weighted by atomic mass is 10.3. The number of para-hydroxylation sites is 2. The van der Waals surface area contributed by atoms with E-state index in [0.29, 0.717) is 10.1 Å². The number of nitrogens with one attached hydrogen (secondary N) is 1. The van der Waals surface area contributed by atoms with Crippen LogP contribution in [0, 0.1) is 5.82 Å². The summed E-state index contributed by atoms with van der Waals surface area (Å²) >= 11 is 5.79. The second-order valence-electron chi connectivity index (χ2n) is 5.52. The van der Waals surface area contributed by atoms with Gasteiger partial charge < -0.3 is 0 Å². The van der Waals surface area contributed by atoms with Gasteiger partial charge in [0.05, 0.1) is 22.1 Å². The van der Waals surface area contributed by atoms with Crippen LogP contribution < -0.4 is 4.72 Å². The molecule has 5 nitrogen and oxygen atoms in total. The van der Waals surface area contributed by atoms with Crippen molar-refractivity contribution < 1.29 is 21.6 Å². The summed E-state index contributed by atoms with van der Waals surface area (Å²) in [6, 6.07) is 7.97. The molecule has 26 heavy (non-hydrogen) atoms. The highest BCUT2D eigenvalue weighted by Crippen LogP contribution is 2.28. The highest BCUT2D eigenvalue weighted by Gasteiger charge is 2.27. The van der Waals surface area contributed by atoms with E-state index in [9.17, 15) is 21.6 Å². The molecule has 0 aliphatic heterocycles. The molecule has 0 saturated carbocycles. The summed E-state index contributed by atoms with van der Waals surface area (Å²) in [6.07, 6.45) is 0. The highest BCUT2D eigenvalue weighted by molar-refractivity contribution is 7.89. The van der Waals surface area contributed by atoms with Gasteiger partial charge in [0.2, 0.25) is 10.0 Å². The Morgan fingerprint density at radius 3 is 2.54 bits per heavy atom. The standard InChI is InChI=1S/C16H13ClF3N3O2S/c1-9(22-26(24,25)14-7-6-10(18)8-11(14)17)15-21-12-4-2-3-5-13(12)23(15)16(19)20/h2-9,16,22H,1H3/t9-/m1/s1. The van der Waals surface area contributed by atoms with Gasteiger partial charge >= 0.3 is 6.55 Å². The van der Waals surface area contributed by atoms with Crippen LogP contribution in [-0.4, -0.2) is 18.0 Å². The van der Waals surface area contributed by atoms with E-state index in [4.69, 9.17) is 11.6 Å². The largest absolute Gasteiger partial charge is 0.320 e. The molecule has 0 aliphatic rings. The van der Waals surface area contributed by atoms with Crippen LogP contribution in [0.4, 0.5) is 13.2 Å². The maximum atomic E-state index is 13.5. The molecule has 138 valence electrons. The number of hydrogen-bond donors (Lipinski definition) is 1. The highest BCUT2D eigenvalue weighted by atomic mass is 35.5. The number of sulfonamides is 1. The molecule has 0 aliphatic carbocycles. The molecule has 0 bridgehead atoms. The molecular formula is C16H13ClF3N3O2S. The third-order valence-corrected chi connectivity index (χ3v) is 5.74. The summed E-state index contributed by atoms with van der Waals surface area (Å²) in [5.74, 6) is -0.843. The van der Waals surface area contributed by atoms with Crippen molar-refractivity contribution in [3.63, 3.8) is 0 Å². The first-order chi connectivity index (χ1) is 12.2. The fraction of sp³-hybridized carbons (Fsp3) is 0.188. The van der Waals surface area contributed by atoms with Crippen molar-refractivity contribution in [3.05, 3.63) is 59.1 Å². The van der Waals surface area contributed by atoms with Gasteiger partial charge in [0.25, 0.3) is 0 Å². The molecule has 3 rings (SSSR count). The quantitative estimate of drug-likeness (QED) is 0.692. The van der Waals surface area contributed by atoms with Gasteiger partial charge in [0.15, 0.2) is 0 Å². The lowest BCUT2D eigenvalue weighted by Crippen LogP contribution is -2.29.